The van der Waals surface area contributed by atoms with Crippen LogP contribution in [0.1, 0.15) is 5.56 Å². The molecule has 0 saturated carbocycles. The van der Waals surface area contributed by atoms with E-state index in [9.17, 15) is 0 Å². The van der Waals surface area contributed by atoms with Gasteiger partial charge in [-0.3, -0.25) is 0 Å². The first-order valence-electron chi connectivity index (χ1n) is 17.2. The monoisotopic (exact) mass is 655 g/mol. The topological polar surface area (TPSA) is 3.24 Å². The van der Waals surface area contributed by atoms with E-state index < -0.39 is 8.07 Å². The zero-order valence-electron chi connectivity index (χ0n) is 27.8. The molecule has 0 N–H and O–H groups in total. The number of nitrogens with zero attached hydrogens (tertiary/aromatic N) is 1. The van der Waals surface area contributed by atoms with Crippen molar-refractivity contribution in [3.63, 3.8) is 0 Å². The van der Waals surface area contributed by atoms with E-state index in [1.807, 2.05) is 0 Å². The predicted octanol–water partition coefficient (Wildman–Crippen LogP) is 10.7. The van der Waals surface area contributed by atoms with Crippen LogP contribution in [0.5, 0.6) is 0 Å². The van der Waals surface area contributed by atoms with E-state index >= 15 is 0 Å². The molecule has 0 heterocycles. The highest BCUT2D eigenvalue weighted by molar-refractivity contribution is 7.15. The highest BCUT2D eigenvalue weighted by Gasteiger charge is 2.36. The van der Waals surface area contributed by atoms with E-state index in [0.717, 1.165) is 17.1 Å². The first-order chi connectivity index (χ1) is 24.8. The average molecular weight is 656 g/mol. The Morgan fingerprint density at radius 3 is 1.26 bits per heavy atom. The Balaban J connectivity index is 1.20. The minimum atomic E-state index is -2.48. The van der Waals surface area contributed by atoms with Crippen molar-refractivity contribution in [3.05, 3.63) is 224 Å². The minimum absolute atomic E-state index is 1.13. The number of para-hydroxylation sites is 2. The SMILES string of the molecule is C(=C[Si](c1ccccc1)(c1ccccc1)c1ccccc1)c1ccc(-c2ccc(N(c3ccccc3)c3ccccc3)c3ccccc23)cc1. The van der Waals surface area contributed by atoms with Crippen LogP contribution in [0.25, 0.3) is 28.0 Å². The molecule has 0 radical (unpaired) electrons. The van der Waals surface area contributed by atoms with Crippen LogP contribution in [0.4, 0.5) is 17.1 Å². The van der Waals surface area contributed by atoms with Gasteiger partial charge in [-0.05, 0) is 68.0 Å². The lowest BCUT2D eigenvalue weighted by atomic mass is 9.95. The summed E-state index contributed by atoms with van der Waals surface area (Å²) in [5.41, 5.74) is 9.55. The fourth-order valence-electron chi connectivity index (χ4n) is 7.20. The molecule has 0 atom stereocenters. The molecule has 50 heavy (non-hydrogen) atoms. The van der Waals surface area contributed by atoms with E-state index in [4.69, 9.17) is 0 Å². The Bertz CT molecular complexity index is 2200. The van der Waals surface area contributed by atoms with Crippen LogP contribution in [0.2, 0.25) is 0 Å². The summed E-state index contributed by atoms with van der Waals surface area (Å²) in [6.07, 6.45) is 2.34. The summed E-state index contributed by atoms with van der Waals surface area (Å²) in [6, 6.07) is 76.7. The summed E-state index contributed by atoms with van der Waals surface area (Å²) in [4.78, 5) is 2.35. The van der Waals surface area contributed by atoms with E-state index in [0.29, 0.717) is 0 Å². The smallest absolute Gasteiger partial charge is 0.172 e. The van der Waals surface area contributed by atoms with E-state index in [-0.39, 0.29) is 0 Å². The van der Waals surface area contributed by atoms with Crippen molar-refractivity contribution in [2.45, 2.75) is 0 Å². The third-order valence-corrected chi connectivity index (χ3v) is 14.0. The lowest BCUT2D eigenvalue weighted by Gasteiger charge is -2.30. The van der Waals surface area contributed by atoms with Gasteiger partial charge in [0.15, 0.2) is 8.07 Å². The number of benzene rings is 8. The van der Waals surface area contributed by atoms with Gasteiger partial charge in [-0.1, -0.05) is 194 Å². The molecule has 2 heteroatoms. The Kier molecular flexibility index (Phi) is 8.76. The summed E-state index contributed by atoms with van der Waals surface area (Å²) in [5, 5.41) is 6.56. The van der Waals surface area contributed by atoms with Gasteiger partial charge in [0, 0.05) is 16.8 Å². The molecular formula is C48H37NSi. The zero-order valence-corrected chi connectivity index (χ0v) is 28.8. The molecule has 0 aromatic heterocycles. The second-order valence-electron chi connectivity index (χ2n) is 12.5. The largest absolute Gasteiger partial charge is 0.310 e. The van der Waals surface area contributed by atoms with Crippen LogP contribution in [-0.2, 0) is 0 Å². The van der Waals surface area contributed by atoms with Gasteiger partial charge in [0.2, 0.25) is 0 Å². The van der Waals surface area contributed by atoms with Gasteiger partial charge in [0.25, 0.3) is 0 Å². The predicted molar refractivity (Wildman–Crippen MR) is 217 cm³/mol. The van der Waals surface area contributed by atoms with Crippen molar-refractivity contribution >= 4 is 57.5 Å². The fourth-order valence-corrected chi connectivity index (χ4v) is 11.4. The summed E-state index contributed by atoms with van der Waals surface area (Å²) < 4.78 is 0. The van der Waals surface area contributed by atoms with Gasteiger partial charge in [0.05, 0.1) is 5.69 Å². The molecule has 0 bridgehead atoms. The Labute approximate surface area is 296 Å². The number of fused-ring (bicyclic) bond motifs is 1. The van der Waals surface area contributed by atoms with Crippen LogP contribution >= 0.6 is 0 Å². The molecule has 0 aliphatic carbocycles. The van der Waals surface area contributed by atoms with Gasteiger partial charge in [-0.2, -0.15) is 0 Å². The molecule has 0 fully saturated rings. The fraction of sp³-hybridized carbons (Fsp3) is 0. The average Bonchev–Trinajstić information content (AvgIpc) is 3.21. The molecule has 0 unspecified atom stereocenters. The zero-order chi connectivity index (χ0) is 33.6. The normalized spacial score (nSPS) is 11.5. The molecule has 8 aromatic rings. The molecule has 1 nitrogen and oxygen atoms in total. The van der Waals surface area contributed by atoms with Gasteiger partial charge in [-0.25, -0.2) is 0 Å². The summed E-state index contributed by atoms with van der Waals surface area (Å²) in [5.74, 6) is 0. The lowest BCUT2D eigenvalue weighted by molar-refractivity contribution is 1.30. The molecule has 0 aliphatic rings. The van der Waals surface area contributed by atoms with Crippen LogP contribution in [0, 0.1) is 0 Å². The second-order valence-corrected chi connectivity index (χ2v) is 16.2. The first kappa shape index (κ1) is 31.1. The van der Waals surface area contributed by atoms with Crippen molar-refractivity contribution in [3.8, 4) is 11.1 Å². The number of hydrogen-bond donors (Lipinski definition) is 0. The Morgan fingerprint density at radius 1 is 0.360 bits per heavy atom. The Hall–Kier alpha value is -6.22. The standard InChI is InChI=1S/C48H37NSi/c1-6-18-40(19-7-1)49(41-20-8-2-9-21-41)48-35-34-45(46-28-16-17-29-47(46)48)39-32-30-38(31-33-39)36-37-50(42-22-10-3-11-23-42,43-24-12-4-13-25-43)44-26-14-5-15-27-44/h1-37H. The van der Waals surface area contributed by atoms with Crippen molar-refractivity contribution in [2.24, 2.45) is 0 Å². The second kappa shape index (κ2) is 14.1. The highest BCUT2D eigenvalue weighted by Crippen LogP contribution is 2.41. The van der Waals surface area contributed by atoms with Crippen molar-refractivity contribution < 1.29 is 0 Å². The molecule has 0 aliphatic heterocycles. The lowest BCUT2D eigenvalue weighted by Crippen LogP contribution is -2.66. The van der Waals surface area contributed by atoms with Crippen molar-refractivity contribution in [1.29, 1.82) is 0 Å². The summed E-state index contributed by atoms with van der Waals surface area (Å²) >= 11 is 0. The minimum Gasteiger partial charge on any atom is -0.310 e. The molecule has 8 aromatic carbocycles. The van der Waals surface area contributed by atoms with Crippen LogP contribution in [0.3, 0.4) is 0 Å². The van der Waals surface area contributed by atoms with Gasteiger partial charge < -0.3 is 4.90 Å². The van der Waals surface area contributed by atoms with Crippen molar-refractivity contribution in [1.82, 2.24) is 0 Å². The molecule has 8 rings (SSSR count). The summed E-state index contributed by atoms with van der Waals surface area (Å²) in [7, 11) is -2.48. The maximum atomic E-state index is 2.51. The first-order valence-corrected chi connectivity index (χ1v) is 19.3. The summed E-state index contributed by atoms with van der Waals surface area (Å²) in [6.45, 7) is 0. The van der Waals surface area contributed by atoms with Gasteiger partial charge in [-0.15, -0.1) is 0 Å². The van der Waals surface area contributed by atoms with Crippen LogP contribution in [-0.4, -0.2) is 8.07 Å². The number of anilines is 3. The highest BCUT2D eigenvalue weighted by atomic mass is 28.3. The number of hydrogen-bond acceptors (Lipinski definition) is 1. The molecule has 0 spiro atoms. The molecule has 0 amide bonds. The molecular weight excluding hydrogens is 619 g/mol. The van der Waals surface area contributed by atoms with Crippen LogP contribution < -0.4 is 20.5 Å². The van der Waals surface area contributed by atoms with Gasteiger partial charge in [0.1, 0.15) is 0 Å². The van der Waals surface area contributed by atoms with E-state index in [1.54, 1.807) is 0 Å². The van der Waals surface area contributed by atoms with Gasteiger partial charge >= 0.3 is 0 Å². The maximum absolute atomic E-state index is 2.51. The third-order valence-electron chi connectivity index (χ3n) is 9.61. The Morgan fingerprint density at radius 2 is 0.780 bits per heavy atom. The maximum Gasteiger partial charge on any atom is 0.172 e. The third kappa shape index (κ3) is 5.98. The number of rotatable bonds is 9. The van der Waals surface area contributed by atoms with E-state index in [1.165, 1.54) is 43.0 Å². The van der Waals surface area contributed by atoms with E-state index in [2.05, 4.69) is 229 Å². The molecule has 0 saturated heterocycles. The quantitative estimate of drug-likeness (QED) is 0.110. The molecule has 238 valence electrons. The van der Waals surface area contributed by atoms with Crippen molar-refractivity contribution in [2.75, 3.05) is 4.90 Å². The van der Waals surface area contributed by atoms with Crippen LogP contribution in [0.15, 0.2) is 218 Å².